The molecule has 0 aliphatic carbocycles. The summed E-state index contributed by atoms with van der Waals surface area (Å²) in [4.78, 5) is 6.57. The summed E-state index contributed by atoms with van der Waals surface area (Å²) >= 11 is 0. The number of fused-ring (bicyclic) bond motifs is 1. The largest absolute Gasteiger partial charge is 0.488 e. The van der Waals surface area contributed by atoms with Gasteiger partial charge < -0.3 is 21.1 Å². The molecule has 5 nitrogen and oxygen atoms in total. The van der Waals surface area contributed by atoms with Crippen molar-refractivity contribution in [3.8, 4) is 5.75 Å². The lowest BCUT2D eigenvalue weighted by molar-refractivity contribution is 0.141. The predicted molar refractivity (Wildman–Crippen MR) is 91.2 cm³/mol. The smallest absolute Gasteiger partial charge is 0.191 e. The Kier molecular flexibility index (Phi) is 6.07. The van der Waals surface area contributed by atoms with Crippen molar-refractivity contribution in [3.05, 3.63) is 29.8 Å². The van der Waals surface area contributed by atoms with Crippen molar-refractivity contribution >= 4 is 5.96 Å². The first-order valence-electron chi connectivity index (χ1n) is 8.13. The highest BCUT2D eigenvalue weighted by molar-refractivity contribution is 5.78. The molecule has 0 aromatic heterocycles. The molecule has 22 heavy (non-hydrogen) atoms. The van der Waals surface area contributed by atoms with Gasteiger partial charge in [0.15, 0.2) is 5.96 Å². The van der Waals surface area contributed by atoms with Crippen LogP contribution in [0.3, 0.4) is 0 Å². The number of rotatable bonds is 6. The van der Waals surface area contributed by atoms with E-state index in [0.717, 1.165) is 38.1 Å². The second-order valence-electron chi connectivity index (χ2n) is 6.06. The lowest BCUT2D eigenvalue weighted by Crippen LogP contribution is -2.45. The number of hydrogen-bond donors (Lipinski definition) is 2. The summed E-state index contributed by atoms with van der Waals surface area (Å²) < 4.78 is 6.11. The minimum Gasteiger partial charge on any atom is -0.488 e. The number of aryl methyl sites for hydroxylation is 1. The molecule has 0 saturated carbocycles. The minimum absolute atomic E-state index is 0.147. The van der Waals surface area contributed by atoms with E-state index in [1.54, 1.807) is 0 Å². The molecular weight excluding hydrogens is 276 g/mol. The van der Waals surface area contributed by atoms with Crippen LogP contribution in [0.15, 0.2) is 29.3 Å². The standard InChI is InChI=1S/C17H28N4O/c1-13(2)20-17(19)21(11-5-10-18)12-15-9-8-14-6-3-4-7-16(14)22-15/h3-4,6-7,13,15H,5,8-12,18H2,1-2H3,(H2,19,20). The predicted octanol–water partition coefficient (Wildman–Crippen LogP) is 1.75. The van der Waals surface area contributed by atoms with Gasteiger partial charge >= 0.3 is 0 Å². The molecule has 4 N–H and O–H groups in total. The summed E-state index contributed by atoms with van der Waals surface area (Å²) in [6, 6.07) is 8.43. The SMILES string of the molecule is CC(C)N=C(N)N(CCCN)CC1CCc2ccccc2O1. The summed E-state index contributed by atoms with van der Waals surface area (Å²) in [6.07, 6.45) is 3.10. The summed E-state index contributed by atoms with van der Waals surface area (Å²) in [5.41, 5.74) is 13.1. The number of nitrogens with two attached hydrogens (primary N) is 2. The van der Waals surface area contributed by atoms with E-state index in [4.69, 9.17) is 16.2 Å². The van der Waals surface area contributed by atoms with Crippen LogP contribution < -0.4 is 16.2 Å². The van der Waals surface area contributed by atoms with E-state index >= 15 is 0 Å². The average molecular weight is 304 g/mol. The van der Waals surface area contributed by atoms with Gasteiger partial charge in [-0.25, -0.2) is 0 Å². The third-order valence-electron chi connectivity index (χ3n) is 3.77. The Bertz CT molecular complexity index is 501. The summed E-state index contributed by atoms with van der Waals surface area (Å²) in [6.45, 7) is 6.29. The van der Waals surface area contributed by atoms with Gasteiger partial charge in [0.2, 0.25) is 0 Å². The van der Waals surface area contributed by atoms with Gasteiger partial charge in [0.05, 0.1) is 6.54 Å². The van der Waals surface area contributed by atoms with E-state index < -0.39 is 0 Å². The molecule has 2 rings (SSSR count). The monoisotopic (exact) mass is 304 g/mol. The molecule has 5 heteroatoms. The summed E-state index contributed by atoms with van der Waals surface area (Å²) in [5.74, 6) is 1.59. The van der Waals surface area contributed by atoms with Crippen LogP contribution in [0.4, 0.5) is 0 Å². The molecule has 1 atom stereocenters. The van der Waals surface area contributed by atoms with Crippen molar-refractivity contribution in [2.24, 2.45) is 16.5 Å². The Hall–Kier alpha value is -1.75. The van der Waals surface area contributed by atoms with Crippen LogP contribution >= 0.6 is 0 Å². The van der Waals surface area contributed by atoms with Crippen LogP contribution in [0.2, 0.25) is 0 Å². The normalized spacial score (nSPS) is 18.0. The molecule has 1 aliphatic heterocycles. The number of guanidine groups is 1. The van der Waals surface area contributed by atoms with Crippen molar-refractivity contribution < 1.29 is 4.74 Å². The molecule has 1 aromatic carbocycles. The maximum atomic E-state index is 6.15. The molecular formula is C17H28N4O. The van der Waals surface area contributed by atoms with Gasteiger partial charge in [0.25, 0.3) is 0 Å². The van der Waals surface area contributed by atoms with Gasteiger partial charge in [-0.1, -0.05) is 18.2 Å². The van der Waals surface area contributed by atoms with Gasteiger partial charge in [-0.2, -0.15) is 0 Å². The van der Waals surface area contributed by atoms with Crippen LogP contribution in [-0.4, -0.2) is 42.6 Å². The summed E-state index contributed by atoms with van der Waals surface area (Å²) in [5, 5.41) is 0. The third-order valence-corrected chi connectivity index (χ3v) is 3.77. The van der Waals surface area contributed by atoms with Gasteiger partial charge in [-0.05, 0) is 51.3 Å². The van der Waals surface area contributed by atoms with Crippen molar-refractivity contribution in [1.82, 2.24) is 4.90 Å². The molecule has 1 aliphatic rings. The lowest BCUT2D eigenvalue weighted by atomic mass is 10.0. The van der Waals surface area contributed by atoms with Gasteiger partial charge in [0.1, 0.15) is 11.9 Å². The minimum atomic E-state index is 0.147. The van der Waals surface area contributed by atoms with Crippen LogP contribution in [0.1, 0.15) is 32.3 Å². The topological polar surface area (TPSA) is 76.9 Å². The van der Waals surface area contributed by atoms with Crippen molar-refractivity contribution in [1.29, 1.82) is 0 Å². The second-order valence-corrected chi connectivity index (χ2v) is 6.06. The first kappa shape index (κ1) is 16.6. The van der Waals surface area contributed by atoms with Crippen LogP contribution in [-0.2, 0) is 6.42 Å². The number of aliphatic imine (C=N–C) groups is 1. The molecule has 1 unspecified atom stereocenters. The van der Waals surface area contributed by atoms with E-state index in [1.807, 2.05) is 26.0 Å². The number of hydrogen-bond acceptors (Lipinski definition) is 3. The average Bonchev–Trinajstić information content (AvgIpc) is 2.50. The molecule has 0 spiro atoms. The second kappa shape index (κ2) is 8.03. The van der Waals surface area contributed by atoms with Crippen molar-refractivity contribution in [3.63, 3.8) is 0 Å². The first-order valence-corrected chi connectivity index (χ1v) is 8.13. The zero-order chi connectivity index (χ0) is 15.9. The molecule has 0 radical (unpaired) electrons. The van der Waals surface area contributed by atoms with Gasteiger partial charge in [0, 0.05) is 12.6 Å². The van der Waals surface area contributed by atoms with Gasteiger partial charge in [-0.15, -0.1) is 0 Å². The molecule has 122 valence electrons. The van der Waals surface area contributed by atoms with Gasteiger partial charge in [-0.3, -0.25) is 4.99 Å². The highest BCUT2D eigenvalue weighted by atomic mass is 16.5. The number of nitrogens with zero attached hydrogens (tertiary/aromatic N) is 2. The Morgan fingerprint density at radius 1 is 1.41 bits per heavy atom. The molecule has 0 amide bonds. The molecule has 1 heterocycles. The highest BCUT2D eigenvalue weighted by Crippen LogP contribution is 2.27. The van der Waals surface area contributed by atoms with E-state index in [1.165, 1.54) is 5.56 Å². The Morgan fingerprint density at radius 2 is 2.18 bits per heavy atom. The van der Waals surface area contributed by atoms with Crippen molar-refractivity contribution in [2.75, 3.05) is 19.6 Å². The number of para-hydroxylation sites is 1. The van der Waals surface area contributed by atoms with E-state index in [0.29, 0.717) is 12.5 Å². The number of ether oxygens (including phenoxy) is 1. The van der Waals surface area contributed by atoms with Crippen LogP contribution in [0, 0.1) is 0 Å². The first-order chi connectivity index (χ1) is 10.6. The Morgan fingerprint density at radius 3 is 2.91 bits per heavy atom. The fourth-order valence-corrected chi connectivity index (χ4v) is 2.68. The quantitative estimate of drug-likeness (QED) is 0.620. The van der Waals surface area contributed by atoms with E-state index in [-0.39, 0.29) is 12.1 Å². The molecule has 0 saturated heterocycles. The fourth-order valence-electron chi connectivity index (χ4n) is 2.68. The van der Waals surface area contributed by atoms with E-state index in [2.05, 4.69) is 22.0 Å². The van der Waals surface area contributed by atoms with E-state index in [9.17, 15) is 0 Å². The zero-order valence-electron chi connectivity index (χ0n) is 13.7. The molecule has 1 aromatic rings. The maximum absolute atomic E-state index is 6.15. The van der Waals surface area contributed by atoms with Crippen LogP contribution in [0.5, 0.6) is 5.75 Å². The highest BCUT2D eigenvalue weighted by Gasteiger charge is 2.22. The Labute approximate surface area is 133 Å². The lowest BCUT2D eigenvalue weighted by Gasteiger charge is -2.32. The number of benzene rings is 1. The maximum Gasteiger partial charge on any atom is 0.191 e. The Balaban J connectivity index is 2.01. The molecule has 0 fully saturated rings. The zero-order valence-corrected chi connectivity index (χ0v) is 13.7. The summed E-state index contributed by atoms with van der Waals surface area (Å²) in [7, 11) is 0. The van der Waals surface area contributed by atoms with Crippen LogP contribution in [0.25, 0.3) is 0 Å². The molecule has 0 bridgehead atoms. The third kappa shape index (κ3) is 4.63. The van der Waals surface area contributed by atoms with Crippen molar-refractivity contribution in [2.45, 2.75) is 45.3 Å². The fraction of sp³-hybridized carbons (Fsp3) is 0.588.